The predicted molar refractivity (Wildman–Crippen MR) is 83.5 cm³/mol. The Balaban J connectivity index is 1.74. The van der Waals surface area contributed by atoms with Crippen LogP contribution < -0.4 is 4.90 Å². The number of carbonyl (C=O) groups excluding carboxylic acids is 1. The minimum absolute atomic E-state index is 0.196. The Bertz CT molecular complexity index is 558. The summed E-state index contributed by atoms with van der Waals surface area (Å²) >= 11 is 0. The molecular formula is C17H23FN2O2. The third kappa shape index (κ3) is 2.95. The molecule has 3 rings (SSSR count). The van der Waals surface area contributed by atoms with Gasteiger partial charge in [-0.25, -0.2) is 4.39 Å². The van der Waals surface area contributed by atoms with Crippen LogP contribution in [-0.4, -0.2) is 48.2 Å². The van der Waals surface area contributed by atoms with Crippen molar-refractivity contribution in [2.45, 2.75) is 32.3 Å². The topological polar surface area (TPSA) is 43.8 Å². The lowest BCUT2D eigenvalue weighted by Crippen LogP contribution is -2.45. The molecule has 1 aromatic rings. The molecule has 0 saturated carbocycles. The normalized spacial score (nSPS) is 25.6. The lowest BCUT2D eigenvalue weighted by molar-refractivity contribution is 0.0248. The number of aliphatic hydroxyl groups excluding tert-OH is 1. The number of aliphatic hydroxyl groups is 1. The number of amides is 1. The van der Waals surface area contributed by atoms with Crippen molar-refractivity contribution < 1.29 is 14.3 Å². The van der Waals surface area contributed by atoms with Gasteiger partial charge in [0.25, 0.3) is 5.91 Å². The number of halogens is 1. The van der Waals surface area contributed by atoms with Gasteiger partial charge in [0.05, 0.1) is 11.8 Å². The summed E-state index contributed by atoms with van der Waals surface area (Å²) in [5.41, 5.74) is 0.948. The number of hydrogen-bond donors (Lipinski definition) is 1. The van der Waals surface area contributed by atoms with Crippen molar-refractivity contribution in [1.29, 1.82) is 0 Å². The highest BCUT2D eigenvalue weighted by Crippen LogP contribution is 2.26. The first-order chi connectivity index (χ1) is 10.6. The number of piperidine rings is 1. The fourth-order valence-corrected chi connectivity index (χ4v) is 3.27. The first-order valence-electron chi connectivity index (χ1n) is 8.08. The SMILES string of the molecule is CC1CCN(C(=O)c2ccc(N3CCCC3)c(F)c2)CC1O. The van der Waals surface area contributed by atoms with Crippen molar-refractivity contribution in [1.82, 2.24) is 4.90 Å². The predicted octanol–water partition coefficient (Wildman–Crippen LogP) is 2.27. The molecule has 120 valence electrons. The Kier molecular flexibility index (Phi) is 4.34. The van der Waals surface area contributed by atoms with Crippen molar-refractivity contribution in [2.24, 2.45) is 5.92 Å². The van der Waals surface area contributed by atoms with E-state index < -0.39 is 6.10 Å². The number of carbonyl (C=O) groups is 1. The monoisotopic (exact) mass is 306 g/mol. The molecule has 2 atom stereocenters. The van der Waals surface area contributed by atoms with Gasteiger partial charge < -0.3 is 14.9 Å². The summed E-state index contributed by atoms with van der Waals surface area (Å²) in [6, 6.07) is 4.74. The number of β-amino-alcohol motifs (C(OH)–C–C–N with tert-alkyl or cyclic N) is 1. The molecule has 0 aromatic heterocycles. The van der Waals surface area contributed by atoms with E-state index in [1.165, 1.54) is 6.07 Å². The van der Waals surface area contributed by atoms with E-state index in [-0.39, 0.29) is 17.6 Å². The van der Waals surface area contributed by atoms with Gasteiger partial charge in [-0.15, -0.1) is 0 Å². The lowest BCUT2D eigenvalue weighted by Gasteiger charge is -2.34. The van der Waals surface area contributed by atoms with Gasteiger partial charge in [0.2, 0.25) is 0 Å². The van der Waals surface area contributed by atoms with E-state index in [2.05, 4.69) is 0 Å². The average Bonchev–Trinajstić information content (AvgIpc) is 3.03. The summed E-state index contributed by atoms with van der Waals surface area (Å²) in [5, 5.41) is 9.91. The summed E-state index contributed by atoms with van der Waals surface area (Å²) in [7, 11) is 0. The van der Waals surface area contributed by atoms with Gasteiger partial charge in [0.1, 0.15) is 5.82 Å². The zero-order valence-corrected chi connectivity index (χ0v) is 13.0. The fourth-order valence-electron chi connectivity index (χ4n) is 3.27. The summed E-state index contributed by atoms with van der Waals surface area (Å²) in [4.78, 5) is 16.1. The van der Waals surface area contributed by atoms with E-state index in [0.717, 1.165) is 32.4 Å². The van der Waals surface area contributed by atoms with E-state index in [1.54, 1.807) is 17.0 Å². The highest BCUT2D eigenvalue weighted by Gasteiger charge is 2.28. The number of rotatable bonds is 2. The van der Waals surface area contributed by atoms with Gasteiger partial charge in [-0.2, -0.15) is 0 Å². The fraction of sp³-hybridized carbons (Fsp3) is 0.588. The molecule has 1 amide bonds. The third-order valence-electron chi connectivity index (χ3n) is 4.85. The summed E-state index contributed by atoms with van der Waals surface area (Å²) in [6.45, 7) is 4.68. The molecule has 0 spiro atoms. The van der Waals surface area contributed by atoms with Crippen LogP contribution in [0.15, 0.2) is 18.2 Å². The molecule has 1 N–H and O–H groups in total. The van der Waals surface area contributed by atoms with Crippen molar-refractivity contribution in [3.05, 3.63) is 29.6 Å². The van der Waals surface area contributed by atoms with Gasteiger partial charge in [0, 0.05) is 31.7 Å². The molecule has 5 heteroatoms. The van der Waals surface area contributed by atoms with Gasteiger partial charge in [-0.05, 0) is 43.4 Å². The molecular weight excluding hydrogens is 283 g/mol. The molecule has 0 radical (unpaired) electrons. The van der Waals surface area contributed by atoms with Crippen LogP contribution in [0.1, 0.15) is 36.5 Å². The second kappa shape index (κ2) is 6.24. The Morgan fingerprint density at radius 3 is 2.64 bits per heavy atom. The molecule has 22 heavy (non-hydrogen) atoms. The first kappa shape index (κ1) is 15.3. The van der Waals surface area contributed by atoms with E-state index in [1.807, 2.05) is 11.8 Å². The molecule has 2 fully saturated rings. The van der Waals surface area contributed by atoms with Gasteiger partial charge in [-0.3, -0.25) is 4.79 Å². The number of hydrogen-bond acceptors (Lipinski definition) is 3. The Morgan fingerprint density at radius 2 is 2.00 bits per heavy atom. The van der Waals surface area contributed by atoms with Crippen LogP contribution in [0.25, 0.3) is 0 Å². The maximum absolute atomic E-state index is 14.3. The largest absolute Gasteiger partial charge is 0.391 e. The summed E-state index contributed by atoms with van der Waals surface area (Å²) in [5.74, 6) is -0.324. The molecule has 2 unspecified atom stereocenters. The average molecular weight is 306 g/mol. The van der Waals surface area contributed by atoms with E-state index >= 15 is 0 Å². The van der Waals surface area contributed by atoms with Gasteiger partial charge in [-0.1, -0.05) is 6.92 Å². The van der Waals surface area contributed by atoms with E-state index in [9.17, 15) is 14.3 Å². The minimum atomic E-state index is -0.494. The molecule has 1 aromatic carbocycles. The van der Waals surface area contributed by atoms with Crippen LogP contribution >= 0.6 is 0 Å². The molecule has 0 bridgehead atoms. The third-order valence-corrected chi connectivity index (χ3v) is 4.85. The van der Waals surface area contributed by atoms with Crippen molar-refractivity contribution in [2.75, 3.05) is 31.1 Å². The molecule has 4 nitrogen and oxygen atoms in total. The smallest absolute Gasteiger partial charge is 0.254 e. The van der Waals surface area contributed by atoms with Gasteiger partial charge in [0.15, 0.2) is 0 Å². The number of benzene rings is 1. The van der Waals surface area contributed by atoms with Crippen LogP contribution in [0.3, 0.4) is 0 Å². The van der Waals surface area contributed by atoms with Crippen molar-refractivity contribution in [3.8, 4) is 0 Å². The van der Waals surface area contributed by atoms with Crippen LogP contribution in [0.2, 0.25) is 0 Å². The Labute approximate surface area is 130 Å². The molecule has 0 aliphatic carbocycles. The van der Waals surface area contributed by atoms with Crippen LogP contribution in [0.4, 0.5) is 10.1 Å². The molecule has 2 aliphatic rings. The number of nitrogens with zero attached hydrogens (tertiary/aromatic N) is 2. The Morgan fingerprint density at radius 1 is 1.27 bits per heavy atom. The second-order valence-electron chi connectivity index (χ2n) is 6.44. The van der Waals surface area contributed by atoms with Crippen molar-refractivity contribution >= 4 is 11.6 Å². The second-order valence-corrected chi connectivity index (χ2v) is 6.44. The minimum Gasteiger partial charge on any atom is -0.391 e. The Hall–Kier alpha value is -1.62. The maximum atomic E-state index is 14.3. The number of anilines is 1. The highest BCUT2D eigenvalue weighted by molar-refractivity contribution is 5.94. The molecule has 2 heterocycles. The zero-order chi connectivity index (χ0) is 15.7. The molecule has 2 aliphatic heterocycles. The van der Waals surface area contributed by atoms with E-state index in [0.29, 0.717) is 24.3 Å². The maximum Gasteiger partial charge on any atom is 0.254 e. The summed E-state index contributed by atoms with van der Waals surface area (Å²) < 4.78 is 14.3. The van der Waals surface area contributed by atoms with Crippen LogP contribution in [-0.2, 0) is 0 Å². The highest BCUT2D eigenvalue weighted by atomic mass is 19.1. The summed E-state index contributed by atoms with van der Waals surface area (Å²) in [6.07, 6.45) is 2.46. The number of likely N-dealkylation sites (tertiary alicyclic amines) is 1. The van der Waals surface area contributed by atoms with Crippen molar-refractivity contribution in [3.63, 3.8) is 0 Å². The quantitative estimate of drug-likeness (QED) is 0.911. The molecule has 2 saturated heterocycles. The van der Waals surface area contributed by atoms with Gasteiger partial charge >= 0.3 is 0 Å². The first-order valence-corrected chi connectivity index (χ1v) is 8.08. The van der Waals surface area contributed by atoms with Crippen LogP contribution in [0.5, 0.6) is 0 Å². The zero-order valence-electron chi connectivity index (χ0n) is 13.0. The van der Waals surface area contributed by atoms with E-state index in [4.69, 9.17) is 0 Å². The standard InChI is InChI=1S/C17H23FN2O2/c1-12-6-9-20(11-16(12)21)17(22)13-4-5-15(14(18)10-13)19-7-2-3-8-19/h4-5,10,12,16,21H,2-3,6-9,11H2,1H3. The lowest BCUT2D eigenvalue weighted by atomic mass is 9.95. The van der Waals surface area contributed by atoms with Crippen LogP contribution in [0, 0.1) is 11.7 Å².